The lowest BCUT2D eigenvalue weighted by molar-refractivity contribution is 0.104. The summed E-state index contributed by atoms with van der Waals surface area (Å²) in [6.45, 7) is 3.84. The van der Waals surface area contributed by atoms with Crippen LogP contribution in [0.4, 0.5) is 4.39 Å². The quantitative estimate of drug-likeness (QED) is 0.802. The molecule has 0 aromatic heterocycles. The highest BCUT2D eigenvalue weighted by molar-refractivity contribution is 5.26. The van der Waals surface area contributed by atoms with Crippen LogP contribution >= 0.6 is 0 Å². The Morgan fingerprint density at radius 1 is 1.24 bits per heavy atom. The van der Waals surface area contributed by atoms with Crippen molar-refractivity contribution in [2.45, 2.75) is 32.1 Å². The molecular weight excluding hydrogens is 219 g/mol. The molecule has 0 heterocycles. The zero-order chi connectivity index (χ0) is 12.9. The fourth-order valence-electron chi connectivity index (χ4n) is 1.92. The van der Waals surface area contributed by atoms with Crippen LogP contribution in [-0.2, 0) is 5.41 Å². The van der Waals surface area contributed by atoms with Crippen molar-refractivity contribution in [3.05, 3.63) is 35.6 Å². The zero-order valence-corrected chi connectivity index (χ0v) is 10.5. The highest BCUT2D eigenvalue weighted by Crippen LogP contribution is 2.30. The highest BCUT2D eigenvalue weighted by Gasteiger charge is 2.31. The van der Waals surface area contributed by atoms with E-state index in [9.17, 15) is 14.6 Å². The molecule has 1 aromatic rings. The molecule has 96 valence electrons. The van der Waals surface area contributed by atoms with Gasteiger partial charge in [-0.2, -0.15) is 0 Å². The topological polar surface area (TPSA) is 40.5 Å². The average Bonchev–Trinajstić information content (AvgIpc) is 2.31. The Balaban J connectivity index is 2.97. The summed E-state index contributed by atoms with van der Waals surface area (Å²) in [6, 6.07) is 6.13. The third-order valence-electron chi connectivity index (χ3n) is 3.24. The standard InChI is InChI=1S/C14H21FO2/c1-11(2)6-7-14(9-16,10-17)12-4-3-5-13(15)8-12/h3-5,8,11,16-17H,6-7,9-10H2,1-2H3. The maximum Gasteiger partial charge on any atom is 0.123 e. The molecule has 0 saturated heterocycles. The molecule has 1 aromatic carbocycles. The fraction of sp³-hybridized carbons (Fsp3) is 0.571. The highest BCUT2D eigenvalue weighted by atomic mass is 19.1. The maximum absolute atomic E-state index is 13.2. The smallest absolute Gasteiger partial charge is 0.123 e. The van der Waals surface area contributed by atoms with Crippen LogP contribution in [0, 0.1) is 11.7 Å². The Hall–Kier alpha value is -0.930. The number of hydrogen-bond acceptors (Lipinski definition) is 2. The number of benzene rings is 1. The van der Waals surface area contributed by atoms with Gasteiger partial charge in [-0.25, -0.2) is 4.39 Å². The molecule has 0 radical (unpaired) electrons. The van der Waals surface area contributed by atoms with E-state index in [-0.39, 0.29) is 19.0 Å². The van der Waals surface area contributed by atoms with Crippen molar-refractivity contribution >= 4 is 0 Å². The molecule has 0 aliphatic heterocycles. The van der Waals surface area contributed by atoms with Gasteiger partial charge in [-0.15, -0.1) is 0 Å². The molecule has 17 heavy (non-hydrogen) atoms. The van der Waals surface area contributed by atoms with Gasteiger partial charge >= 0.3 is 0 Å². The molecule has 0 spiro atoms. The molecule has 1 rings (SSSR count). The Bertz CT molecular complexity index is 346. The molecule has 2 N–H and O–H groups in total. The summed E-state index contributed by atoms with van der Waals surface area (Å²) < 4.78 is 13.2. The van der Waals surface area contributed by atoms with E-state index in [2.05, 4.69) is 13.8 Å². The third-order valence-corrected chi connectivity index (χ3v) is 3.24. The van der Waals surface area contributed by atoms with Crippen LogP contribution in [0.1, 0.15) is 32.3 Å². The Morgan fingerprint density at radius 2 is 1.88 bits per heavy atom. The fourth-order valence-corrected chi connectivity index (χ4v) is 1.92. The molecule has 0 atom stereocenters. The molecule has 2 nitrogen and oxygen atoms in total. The first-order chi connectivity index (χ1) is 8.04. The third kappa shape index (κ3) is 3.51. The number of hydrogen-bond donors (Lipinski definition) is 2. The van der Waals surface area contributed by atoms with Gasteiger partial charge in [0.25, 0.3) is 0 Å². The van der Waals surface area contributed by atoms with Gasteiger partial charge in [-0.3, -0.25) is 0 Å². The van der Waals surface area contributed by atoms with E-state index in [0.717, 1.165) is 6.42 Å². The molecule has 0 aliphatic rings. The minimum absolute atomic E-state index is 0.167. The Kier molecular flexibility index (Phi) is 5.09. The first kappa shape index (κ1) is 14.1. The van der Waals surface area contributed by atoms with Crippen molar-refractivity contribution in [3.8, 4) is 0 Å². The van der Waals surface area contributed by atoms with Gasteiger partial charge < -0.3 is 10.2 Å². The molecule has 0 aliphatic carbocycles. The summed E-state index contributed by atoms with van der Waals surface area (Å²) >= 11 is 0. The number of aliphatic hydroxyl groups excluding tert-OH is 2. The molecule has 0 amide bonds. The van der Waals surface area contributed by atoms with Gasteiger partial charge in [-0.05, 0) is 36.5 Å². The first-order valence-corrected chi connectivity index (χ1v) is 6.02. The van der Waals surface area contributed by atoms with Gasteiger partial charge in [0.15, 0.2) is 0 Å². The number of halogens is 1. The molecule has 0 fully saturated rings. The van der Waals surface area contributed by atoms with Gasteiger partial charge in [-0.1, -0.05) is 26.0 Å². The first-order valence-electron chi connectivity index (χ1n) is 6.02. The van der Waals surface area contributed by atoms with E-state index < -0.39 is 5.41 Å². The predicted molar refractivity (Wildman–Crippen MR) is 66.3 cm³/mol. The molecule has 0 unspecified atom stereocenters. The summed E-state index contributed by atoms with van der Waals surface area (Å²) in [5.41, 5.74) is -0.0602. The van der Waals surface area contributed by atoms with Crippen molar-refractivity contribution < 1.29 is 14.6 Å². The zero-order valence-electron chi connectivity index (χ0n) is 10.5. The van der Waals surface area contributed by atoms with Gasteiger partial charge in [0, 0.05) is 5.41 Å². The summed E-state index contributed by atoms with van der Waals surface area (Å²) in [6.07, 6.45) is 1.54. The largest absolute Gasteiger partial charge is 0.395 e. The minimum Gasteiger partial charge on any atom is -0.395 e. The molecule has 3 heteroatoms. The number of aliphatic hydroxyl groups is 2. The Labute approximate surface area is 102 Å². The van der Waals surface area contributed by atoms with E-state index in [0.29, 0.717) is 17.9 Å². The van der Waals surface area contributed by atoms with Crippen LogP contribution in [0.25, 0.3) is 0 Å². The second kappa shape index (κ2) is 6.12. The van der Waals surface area contributed by atoms with Crippen LogP contribution in [0.2, 0.25) is 0 Å². The monoisotopic (exact) mass is 240 g/mol. The van der Waals surface area contributed by atoms with Crippen LogP contribution in [0.3, 0.4) is 0 Å². The van der Waals surface area contributed by atoms with E-state index in [1.54, 1.807) is 12.1 Å². The minimum atomic E-state index is -0.730. The van der Waals surface area contributed by atoms with Crippen LogP contribution < -0.4 is 0 Å². The second-order valence-electron chi connectivity index (χ2n) is 5.04. The lowest BCUT2D eigenvalue weighted by Crippen LogP contribution is -2.35. The number of rotatable bonds is 6. The van der Waals surface area contributed by atoms with Crippen molar-refractivity contribution in [2.24, 2.45) is 5.92 Å². The molecular formula is C14H21FO2. The Morgan fingerprint density at radius 3 is 2.35 bits per heavy atom. The molecule has 0 saturated carbocycles. The molecule has 0 bridgehead atoms. The van der Waals surface area contributed by atoms with Crippen molar-refractivity contribution in [1.29, 1.82) is 0 Å². The van der Waals surface area contributed by atoms with E-state index in [4.69, 9.17) is 0 Å². The van der Waals surface area contributed by atoms with Crippen molar-refractivity contribution in [3.63, 3.8) is 0 Å². The van der Waals surface area contributed by atoms with Crippen LogP contribution in [0.5, 0.6) is 0 Å². The average molecular weight is 240 g/mol. The van der Waals surface area contributed by atoms with Gasteiger partial charge in [0.1, 0.15) is 5.82 Å². The normalized spacial score (nSPS) is 12.1. The lowest BCUT2D eigenvalue weighted by Gasteiger charge is -2.31. The predicted octanol–water partition coefficient (Wildman–Crippen LogP) is 2.48. The summed E-state index contributed by atoms with van der Waals surface area (Å²) in [5.74, 6) is 0.152. The maximum atomic E-state index is 13.2. The van der Waals surface area contributed by atoms with Crippen LogP contribution in [0.15, 0.2) is 24.3 Å². The van der Waals surface area contributed by atoms with Crippen molar-refractivity contribution in [1.82, 2.24) is 0 Å². The van der Waals surface area contributed by atoms with Gasteiger partial charge in [0.05, 0.1) is 13.2 Å². The SMILES string of the molecule is CC(C)CCC(CO)(CO)c1cccc(F)c1. The summed E-state index contributed by atoms with van der Waals surface area (Å²) in [4.78, 5) is 0. The lowest BCUT2D eigenvalue weighted by atomic mass is 9.76. The van der Waals surface area contributed by atoms with Crippen LogP contribution in [-0.4, -0.2) is 23.4 Å². The van der Waals surface area contributed by atoms with E-state index in [1.807, 2.05) is 0 Å². The summed E-state index contributed by atoms with van der Waals surface area (Å²) in [5, 5.41) is 19.1. The van der Waals surface area contributed by atoms with Gasteiger partial charge in [0.2, 0.25) is 0 Å². The van der Waals surface area contributed by atoms with E-state index >= 15 is 0 Å². The summed E-state index contributed by atoms with van der Waals surface area (Å²) in [7, 11) is 0. The van der Waals surface area contributed by atoms with Crippen molar-refractivity contribution in [2.75, 3.05) is 13.2 Å². The van der Waals surface area contributed by atoms with E-state index in [1.165, 1.54) is 12.1 Å². The second-order valence-corrected chi connectivity index (χ2v) is 5.04.